The number of aromatic amines is 1. The third-order valence-electron chi connectivity index (χ3n) is 4.54. The maximum Gasteiger partial charge on any atom is 0.335 e. The van der Waals surface area contributed by atoms with Gasteiger partial charge in [-0.3, -0.25) is 4.79 Å². The topological polar surface area (TPSA) is 137 Å². The summed E-state index contributed by atoms with van der Waals surface area (Å²) >= 11 is 0. The number of nitrogens with one attached hydrogen (secondary N) is 3. The third kappa shape index (κ3) is 3.59. The summed E-state index contributed by atoms with van der Waals surface area (Å²) in [5.74, 6) is -1.23. The molecule has 0 aliphatic carbocycles. The molecule has 0 unspecified atom stereocenters. The van der Waals surface area contributed by atoms with Gasteiger partial charge < -0.3 is 26.5 Å². The van der Waals surface area contributed by atoms with Gasteiger partial charge >= 0.3 is 12.0 Å². The van der Waals surface area contributed by atoms with Crippen molar-refractivity contribution in [3.05, 3.63) is 71.5 Å². The fourth-order valence-corrected chi connectivity index (χ4v) is 3.17. The maximum atomic E-state index is 12.4. The molecule has 3 amide bonds. The van der Waals surface area contributed by atoms with Crippen molar-refractivity contribution in [3.8, 4) is 11.1 Å². The molecule has 0 bridgehead atoms. The van der Waals surface area contributed by atoms with Crippen LogP contribution in [0.25, 0.3) is 22.8 Å². The van der Waals surface area contributed by atoms with Crippen molar-refractivity contribution in [2.24, 2.45) is 5.73 Å². The Bertz CT molecular complexity index is 1180. The van der Waals surface area contributed by atoms with Gasteiger partial charge in [-0.05, 0) is 53.6 Å². The zero-order valence-electron chi connectivity index (χ0n) is 15.0. The van der Waals surface area contributed by atoms with E-state index in [-0.39, 0.29) is 11.5 Å². The summed E-state index contributed by atoms with van der Waals surface area (Å²) in [6, 6.07) is 12.7. The summed E-state index contributed by atoms with van der Waals surface area (Å²) in [6.45, 7) is 0. The lowest BCUT2D eigenvalue weighted by atomic mass is 10.0. The number of H-pyrrole nitrogens is 1. The van der Waals surface area contributed by atoms with Crippen molar-refractivity contribution in [1.82, 2.24) is 4.98 Å². The van der Waals surface area contributed by atoms with Gasteiger partial charge in [0.15, 0.2) is 0 Å². The number of rotatable bonds is 4. The molecule has 2 heterocycles. The molecule has 0 spiro atoms. The average Bonchev–Trinajstić information content (AvgIpc) is 3.27. The Morgan fingerprint density at radius 3 is 2.48 bits per heavy atom. The Hall–Kier alpha value is -4.33. The van der Waals surface area contributed by atoms with Crippen molar-refractivity contribution >= 4 is 40.9 Å². The van der Waals surface area contributed by atoms with Crippen LogP contribution in [0.1, 0.15) is 21.6 Å². The summed E-state index contributed by atoms with van der Waals surface area (Å²) in [5, 5.41) is 14.3. The summed E-state index contributed by atoms with van der Waals surface area (Å²) in [7, 11) is 0. The van der Waals surface area contributed by atoms with Crippen LogP contribution in [0.4, 0.5) is 16.2 Å². The molecule has 6 N–H and O–H groups in total. The molecule has 0 fully saturated rings. The zero-order valence-corrected chi connectivity index (χ0v) is 15.0. The quantitative estimate of drug-likeness (QED) is 0.438. The van der Waals surface area contributed by atoms with E-state index in [0.29, 0.717) is 28.2 Å². The zero-order chi connectivity index (χ0) is 20.5. The Labute approximate surface area is 165 Å². The number of hydrogen-bond donors (Lipinski definition) is 5. The number of carboxylic acids is 1. The molecule has 0 radical (unpaired) electrons. The Morgan fingerprint density at radius 1 is 1.03 bits per heavy atom. The van der Waals surface area contributed by atoms with Crippen molar-refractivity contribution in [1.29, 1.82) is 0 Å². The van der Waals surface area contributed by atoms with E-state index in [1.54, 1.807) is 42.6 Å². The highest BCUT2D eigenvalue weighted by Crippen LogP contribution is 2.35. The van der Waals surface area contributed by atoms with Gasteiger partial charge in [0.2, 0.25) is 0 Å². The maximum absolute atomic E-state index is 12.4. The number of fused-ring (bicyclic) bond motifs is 1. The molecule has 1 aliphatic rings. The van der Waals surface area contributed by atoms with E-state index < -0.39 is 12.0 Å². The first-order valence-corrected chi connectivity index (χ1v) is 8.67. The average molecular weight is 388 g/mol. The minimum absolute atomic E-state index is 0.214. The molecule has 4 rings (SSSR count). The molecule has 0 atom stereocenters. The van der Waals surface area contributed by atoms with Crippen LogP contribution in [-0.2, 0) is 4.79 Å². The van der Waals surface area contributed by atoms with Gasteiger partial charge in [0.25, 0.3) is 5.91 Å². The number of amides is 3. The van der Waals surface area contributed by atoms with Crippen molar-refractivity contribution in [3.63, 3.8) is 0 Å². The van der Waals surface area contributed by atoms with E-state index in [1.165, 1.54) is 12.1 Å². The van der Waals surface area contributed by atoms with Crippen LogP contribution in [0.5, 0.6) is 0 Å². The Morgan fingerprint density at radius 2 is 1.79 bits per heavy atom. The van der Waals surface area contributed by atoms with Crippen molar-refractivity contribution in [2.75, 3.05) is 10.6 Å². The van der Waals surface area contributed by atoms with Crippen molar-refractivity contribution < 1.29 is 19.5 Å². The van der Waals surface area contributed by atoms with Crippen LogP contribution >= 0.6 is 0 Å². The van der Waals surface area contributed by atoms with Crippen LogP contribution in [0.3, 0.4) is 0 Å². The summed E-state index contributed by atoms with van der Waals surface area (Å²) in [5.41, 5.74) is 10.0. The number of urea groups is 1. The molecule has 2 aromatic carbocycles. The van der Waals surface area contributed by atoms with Crippen LogP contribution in [-0.4, -0.2) is 28.0 Å². The molecule has 8 nitrogen and oxygen atoms in total. The van der Waals surface area contributed by atoms with Gasteiger partial charge in [0.05, 0.1) is 11.1 Å². The van der Waals surface area contributed by atoms with Gasteiger partial charge in [-0.2, -0.15) is 0 Å². The summed E-state index contributed by atoms with van der Waals surface area (Å²) in [6.07, 6.45) is 3.49. The van der Waals surface area contributed by atoms with Crippen LogP contribution in [0, 0.1) is 0 Å². The van der Waals surface area contributed by atoms with Crippen LogP contribution in [0.2, 0.25) is 0 Å². The summed E-state index contributed by atoms with van der Waals surface area (Å²) in [4.78, 5) is 37.5. The normalized spacial score (nSPS) is 13.8. The lowest BCUT2D eigenvalue weighted by Crippen LogP contribution is -2.19. The largest absolute Gasteiger partial charge is 0.478 e. The molecule has 8 heteroatoms. The van der Waals surface area contributed by atoms with Gasteiger partial charge in [-0.15, -0.1) is 0 Å². The second-order valence-corrected chi connectivity index (χ2v) is 6.49. The lowest BCUT2D eigenvalue weighted by Gasteiger charge is -2.04. The van der Waals surface area contributed by atoms with E-state index in [4.69, 9.17) is 10.8 Å². The first-order chi connectivity index (χ1) is 13.9. The second kappa shape index (κ2) is 7.01. The first kappa shape index (κ1) is 18.1. The number of aromatic carboxylic acids is 1. The van der Waals surface area contributed by atoms with Crippen molar-refractivity contribution in [2.45, 2.75) is 0 Å². The predicted octanol–water partition coefficient (Wildman–Crippen LogP) is 3.36. The predicted molar refractivity (Wildman–Crippen MR) is 109 cm³/mol. The number of carbonyl (C=O) groups is 3. The number of carboxylic acid groups (broad SMARTS) is 1. The monoisotopic (exact) mass is 388 g/mol. The highest BCUT2D eigenvalue weighted by atomic mass is 16.4. The number of primary amides is 1. The van der Waals surface area contributed by atoms with Gasteiger partial charge in [0, 0.05) is 28.8 Å². The lowest BCUT2D eigenvalue weighted by molar-refractivity contribution is -0.110. The SMILES string of the molecule is NC(=O)Nc1ccc2c(c1)C(=Cc1cc(-c3ccc(C(=O)O)cc3)c[nH]1)C(=O)N2. The molecular formula is C21H16N4O4. The smallest absolute Gasteiger partial charge is 0.335 e. The number of anilines is 2. The fraction of sp³-hybridized carbons (Fsp3) is 0. The number of nitrogens with two attached hydrogens (primary N) is 1. The molecule has 144 valence electrons. The fourth-order valence-electron chi connectivity index (χ4n) is 3.17. The number of benzene rings is 2. The molecule has 0 saturated heterocycles. The Balaban J connectivity index is 1.65. The second-order valence-electron chi connectivity index (χ2n) is 6.49. The van der Waals surface area contributed by atoms with Gasteiger partial charge in [-0.1, -0.05) is 12.1 Å². The van der Waals surface area contributed by atoms with Gasteiger partial charge in [0.1, 0.15) is 0 Å². The Kier molecular flexibility index (Phi) is 4.36. The molecule has 1 aliphatic heterocycles. The van der Waals surface area contributed by atoms with E-state index in [9.17, 15) is 14.4 Å². The van der Waals surface area contributed by atoms with E-state index in [1.807, 2.05) is 6.07 Å². The number of aromatic nitrogens is 1. The van der Waals surface area contributed by atoms with E-state index >= 15 is 0 Å². The summed E-state index contributed by atoms with van der Waals surface area (Å²) < 4.78 is 0. The highest BCUT2D eigenvalue weighted by Gasteiger charge is 2.24. The minimum atomic E-state index is -0.979. The third-order valence-corrected chi connectivity index (χ3v) is 4.54. The molecule has 0 saturated carbocycles. The molecular weight excluding hydrogens is 372 g/mol. The van der Waals surface area contributed by atoms with E-state index in [2.05, 4.69) is 15.6 Å². The van der Waals surface area contributed by atoms with Gasteiger partial charge in [-0.25, -0.2) is 9.59 Å². The number of carbonyl (C=O) groups excluding carboxylic acids is 2. The van der Waals surface area contributed by atoms with Crippen LogP contribution in [0.15, 0.2) is 54.7 Å². The highest BCUT2D eigenvalue weighted by molar-refractivity contribution is 6.35. The molecule has 3 aromatic rings. The molecule has 1 aromatic heterocycles. The number of hydrogen-bond acceptors (Lipinski definition) is 3. The van der Waals surface area contributed by atoms with E-state index in [0.717, 1.165) is 11.1 Å². The standard InChI is InChI=1S/C21H16N4O4/c22-21(29)24-14-5-6-18-16(8-14)17(19(26)25-18)9-15-7-13(10-23-15)11-1-3-12(4-2-11)20(27)28/h1-10,23H,(H,25,26)(H,27,28)(H3,22,24,29). The molecule has 29 heavy (non-hydrogen) atoms. The minimum Gasteiger partial charge on any atom is -0.478 e. The first-order valence-electron chi connectivity index (χ1n) is 8.67. The van der Waals surface area contributed by atoms with Crippen LogP contribution < -0.4 is 16.4 Å².